The van der Waals surface area contributed by atoms with Crippen LogP contribution in [0.3, 0.4) is 0 Å². The van der Waals surface area contributed by atoms with Crippen molar-refractivity contribution in [3.8, 4) is 0 Å². The van der Waals surface area contributed by atoms with Crippen LogP contribution in [0.4, 0.5) is 10.1 Å². The van der Waals surface area contributed by atoms with Gasteiger partial charge in [0, 0.05) is 11.3 Å². The summed E-state index contributed by atoms with van der Waals surface area (Å²) in [6, 6.07) is 14.4. The SMILES string of the molecule is CCc1ccc(C[NH+](C)CC(=O)Nc2cccc(F)c2)cc1. The number of hydrogen-bond acceptors (Lipinski definition) is 1. The molecule has 2 aromatic carbocycles. The first kappa shape index (κ1) is 16.2. The van der Waals surface area contributed by atoms with Crippen LogP contribution >= 0.6 is 0 Å². The summed E-state index contributed by atoms with van der Waals surface area (Å²) in [5.41, 5.74) is 3.00. The van der Waals surface area contributed by atoms with Gasteiger partial charge in [-0.25, -0.2) is 4.39 Å². The molecule has 1 atom stereocenters. The van der Waals surface area contributed by atoms with E-state index >= 15 is 0 Å². The highest BCUT2D eigenvalue weighted by Gasteiger charge is 2.11. The zero-order valence-electron chi connectivity index (χ0n) is 13.0. The molecule has 0 aromatic heterocycles. The maximum atomic E-state index is 13.1. The molecular formula is C18H22FN2O+. The minimum absolute atomic E-state index is 0.117. The van der Waals surface area contributed by atoms with Crippen LogP contribution < -0.4 is 10.2 Å². The first-order chi connectivity index (χ1) is 10.6. The molecule has 4 heteroatoms. The smallest absolute Gasteiger partial charge is 0.279 e. The highest BCUT2D eigenvalue weighted by molar-refractivity contribution is 5.91. The zero-order valence-corrected chi connectivity index (χ0v) is 13.0. The number of anilines is 1. The summed E-state index contributed by atoms with van der Waals surface area (Å²) in [4.78, 5) is 13.1. The molecule has 0 aliphatic rings. The fourth-order valence-corrected chi connectivity index (χ4v) is 2.35. The van der Waals surface area contributed by atoms with Gasteiger partial charge in [0.25, 0.3) is 5.91 Å². The Morgan fingerprint density at radius 3 is 2.45 bits per heavy atom. The molecular weight excluding hydrogens is 279 g/mol. The predicted octanol–water partition coefficient (Wildman–Crippen LogP) is 2.04. The van der Waals surface area contributed by atoms with Gasteiger partial charge in [0.05, 0.1) is 7.05 Å². The molecule has 0 heterocycles. The number of carbonyl (C=O) groups is 1. The van der Waals surface area contributed by atoms with E-state index in [0.29, 0.717) is 12.2 Å². The van der Waals surface area contributed by atoms with Gasteiger partial charge in [0.15, 0.2) is 6.54 Å². The van der Waals surface area contributed by atoms with Crippen molar-refractivity contribution in [2.75, 3.05) is 18.9 Å². The largest absolute Gasteiger partial charge is 0.326 e. The van der Waals surface area contributed by atoms with Crippen LogP contribution in [-0.4, -0.2) is 19.5 Å². The number of likely N-dealkylation sites (N-methyl/N-ethyl adjacent to an activating group) is 1. The van der Waals surface area contributed by atoms with E-state index in [-0.39, 0.29) is 11.7 Å². The molecule has 0 saturated heterocycles. The van der Waals surface area contributed by atoms with Crippen LogP contribution in [-0.2, 0) is 17.8 Å². The molecule has 0 saturated carbocycles. The van der Waals surface area contributed by atoms with Gasteiger partial charge < -0.3 is 10.2 Å². The summed E-state index contributed by atoms with van der Waals surface area (Å²) in [5.74, 6) is -0.470. The van der Waals surface area contributed by atoms with Crippen molar-refractivity contribution >= 4 is 11.6 Å². The van der Waals surface area contributed by atoms with Crippen molar-refractivity contribution in [3.05, 3.63) is 65.5 Å². The number of benzene rings is 2. The maximum Gasteiger partial charge on any atom is 0.279 e. The molecule has 2 rings (SSSR count). The quantitative estimate of drug-likeness (QED) is 0.841. The van der Waals surface area contributed by atoms with E-state index in [1.54, 1.807) is 12.1 Å². The third kappa shape index (κ3) is 4.97. The molecule has 2 aromatic rings. The minimum atomic E-state index is -0.352. The number of rotatable bonds is 6. The lowest BCUT2D eigenvalue weighted by Crippen LogP contribution is -3.08. The summed E-state index contributed by atoms with van der Waals surface area (Å²) < 4.78 is 13.1. The van der Waals surface area contributed by atoms with Gasteiger partial charge in [-0.3, -0.25) is 4.79 Å². The molecule has 0 aliphatic heterocycles. The number of amides is 1. The fraction of sp³-hybridized carbons (Fsp3) is 0.278. The molecule has 1 unspecified atom stereocenters. The molecule has 2 N–H and O–H groups in total. The minimum Gasteiger partial charge on any atom is -0.326 e. The summed E-state index contributed by atoms with van der Waals surface area (Å²) in [7, 11) is 1.97. The van der Waals surface area contributed by atoms with E-state index < -0.39 is 0 Å². The Labute approximate surface area is 130 Å². The Morgan fingerprint density at radius 2 is 1.82 bits per heavy atom. The molecule has 0 fully saturated rings. The van der Waals surface area contributed by atoms with Gasteiger partial charge in [0.2, 0.25) is 0 Å². The van der Waals surface area contributed by atoms with E-state index in [9.17, 15) is 9.18 Å². The van der Waals surface area contributed by atoms with Crippen LogP contribution in [0.2, 0.25) is 0 Å². The number of halogens is 1. The predicted molar refractivity (Wildman–Crippen MR) is 86.3 cm³/mol. The number of nitrogens with one attached hydrogen (secondary N) is 2. The summed E-state index contributed by atoms with van der Waals surface area (Å²) in [6.45, 7) is 3.25. The Balaban J connectivity index is 1.85. The van der Waals surface area contributed by atoms with Crippen molar-refractivity contribution in [2.24, 2.45) is 0 Å². The second kappa shape index (κ2) is 7.71. The van der Waals surface area contributed by atoms with Gasteiger partial charge >= 0.3 is 0 Å². The molecule has 116 valence electrons. The zero-order chi connectivity index (χ0) is 15.9. The van der Waals surface area contributed by atoms with Gasteiger partial charge in [-0.15, -0.1) is 0 Å². The van der Waals surface area contributed by atoms with Crippen molar-refractivity contribution in [1.29, 1.82) is 0 Å². The lowest BCUT2D eigenvalue weighted by molar-refractivity contribution is -0.885. The third-order valence-corrected chi connectivity index (χ3v) is 3.51. The molecule has 1 amide bonds. The van der Waals surface area contributed by atoms with Gasteiger partial charge in [-0.05, 0) is 30.2 Å². The summed E-state index contributed by atoms with van der Waals surface area (Å²) >= 11 is 0. The second-order valence-corrected chi connectivity index (χ2v) is 5.54. The van der Waals surface area contributed by atoms with Gasteiger partial charge in [-0.2, -0.15) is 0 Å². The number of carbonyl (C=O) groups excluding carboxylic acids is 1. The summed E-state index contributed by atoms with van der Waals surface area (Å²) in [6.07, 6.45) is 1.03. The van der Waals surface area contributed by atoms with Gasteiger partial charge in [0.1, 0.15) is 12.4 Å². The summed E-state index contributed by atoms with van der Waals surface area (Å²) in [5, 5.41) is 2.72. The van der Waals surface area contributed by atoms with E-state index in [1.807, 2.05) is 7.05 Å². The van der Waals surface area contributed by atoms with Crippen LogP contribution in [0.15, 0.2) is 48.5 Å². The van der Waals surface area contributed by atoms with Gasteiger partial charge in [-0.1, -0.05) is 37.3 Å². The Bertz CT molecular complexity index is 625. The Hall–Kier alpha value is -2.20. The first-order valence-electron chi connectivity index (χ1n) is 7.51. The Kier molecular flexibility index (Phi) is 5.67. The first-order valence-corrected chi connectivity index (χ1v) is 7.51. The molecule has 22 heavy (non-hydrogen) atoms. The number of aryl methyl sites for hydroxylation is 1. The van der Waals surface area contributed by atoms with Crippen molar-refractivity contribution in [1.82, 2.24) is 0 Å². The third-order valence-electron chi connectivity index (χ3n) is 3.51. The fourth-order valence-electron chi connectivity index (χ4n) is 2.35. The maximum absolute atomic E-state index is 13.1. The van der Waals surface area contributed by atoms with E-state index in [1.165, 1.54) is 23.3 Å². The Morgan fingerprint density at radius 1 is 1.14 bits per heavy atom. The highest BCUT2D eigenvalue weighted by atomic mass is 19.1. The lowest BCUT2D eigenvalue weighted by atomic mass is 10.1. The lowest BCUT2D eigenvalue weighted by Gasteiger charge is -2.14. The second-order valence-electron chi connectivity index (χ2n) is 5.54. The van der Waals surface area contributed by atoms with E-state index in [0.717, 1.165) is 17.9 Å². The van der Waals surface area contributed by atoms with Crippen molar-refractivity contribution < 1.29 is 14.1 Å². The van der Waals surface area contributed by atoms with Crippen LogP contribution in [0.5, 0.6) is 0 Å². The van der Waals surface area contributed by atoms with Crippen LogP contribution in [0.1, 0.15) is 18.1 Å². The van der Waals surface area contributed by atoms with Crippen LogP contribution in [0.25, 0.3) is 0 Å². The van der Waals surface area contributed by atoms with E-state index in [4.69, 9.17) is 0 Å². The highest BCUT2D eigenvalue weighted by Crippen LogP contribution is 2.08. The van der Waals surface area contributed by atoms with Crippen molar-refractivity contribution in [3.63, 3.8) is 0 Å². The van der Waals surface area contributed by atoms with E-state index in [2.05, 4.69) is 36.5 Å². The number of quaternary nitrogens is 1. The topological polar surface area (TPSA) is 33.5 Å². The standard InChI is InChI=1S/C18H21FN2O/c1-3-14-7-9-15(10-8-14)12-21(2)13-18(22)20-17-6-4-5-16(19)11-17/h4-11H,3,12-13H2,1-2H3,(H,20,22)/p+1. The normalized spacial score (nSPS) is 12.0. The number of hydrogen-bond donors (Lipinski definition) is 2. The van der Waals surface area contributed by atoms with Crippen LogP contribution in [0, 0.1) is 5.82 Å². The molecule has 0 spiro atoms. The molecule has 3 nitrogen and oxygen atoms in total. The average Bonchev–Trinajstić information content (AvgIpc) is 2.47. The monoisotopic (exact) mass is 301 g/mol. The average molecular weight is 301 g/mol. The molecule has 0 bridgehead atoms. The van der Waals surface area contributed by atoms with Crippen molar-refractivity contribution in [2.45, 2.75) is 19.9 Å². The molecule has 0 aliphatic carbocycles. The molecule has 0 radical (unpaired) electrons.